The lowest BCUT2D eigenvalue weighted by Gasteiger charge is -2.17. The first-order valence-electron chi connectivity index (χ1n) is 4.45. The minimum atomic E-state index is 0.492. The first kappa shape index (κ1) is 10.3. The monoisotopic (exact) mass is 190 g/mol. The molecule has 0 bridgehead atoms. The molecule has 4 heteroatoms. The fourth-order valence-electron chi connectivity index (χ4n) is 1.07. The molecule has 0 atom stereocenters. The number of nitrogen functional groups attached to an aromatic ring is 1. The van der Waals surface area contributed by atoms with Gasteiger partial charge in [-0.3, -0.25) is 0 Å². The highest BCUT2D eigenvalue weighted by Crippen LogP contribution is 2.16. The lowest BCUT2D eigenvalue weighted by atomic mass is 10.2. The van der Waals surface area contributed by atoms with Gasteiger partial charge in [-0.2, -0.15) is 5.26 Å². The van der Waals surface area contributed by atoms with E-state index < -0.39 is 0 Å². The van der Waals surface area contributed by atoms with Crippen molar-refractivity contribution in [2.24, 2.45) is 0 Å². The van der Waals surface area contributed by atoms with E-state index in [1.54, 1.807) is 6.20 Å². The van der Waals surface area contributed by atoms with Gasteiger partial charge >= 0.3 is 0 Å². The molecule has 1 aromatic rings. The second-order valence-corrected chi connectivity index (χ2v) is 3.23. The minimum absolute atomic E-state index is 0.492. The predicted octanol–water partition coefficient (Wildman–Crippen LogP) is 1.32. The van der Waals surface area contributed by atoms with Crippen molar-refractivity contribution in [3.8, 4) is 6.07 Å². The Balaban J connectivity index is 2.76. The minimum Gasteiger partial charge on any atom is -0.398 e. The second kappa shape index (κ2) is 4.47. The van der Waals surface area contributed by atoms with Gasteiger partial charge in [0.15, 0.2) is 0 Å². The summed E-state index contributed by atoms with van der Waals surface area (Å²) in [6, 6.07) is 3.92. The van der Waals surface area contributed by atoms with E-state index in [4.69, 9.17) is 11.0 Å². The molecule has 0 aliphatic heterocycles. The summed E-state index contributed by atoms with van der Waals surface area (Å²) in [5.41, 5.74) is 7.46. The average molecular weight is 190 g/mol. The fraction of sp³-hybridized carbons (Fsp3) is 0.400. The van der Waals surface area contributed by atoms with E-state index in [0.29, 0.717) is 13.0 Å². The summed E-state index contributed by atoms with van der Waals surface area (Å²) in [6.07, 6.45) is 2.24. The molecule has 0 saturated carbocycles. The van der Waals surface area contributed by atoms with Crippen LogP contribution in [0.5, 0.6) is 0 Å². The molecule has 2 N–H and O–H groups in total. The van der Waals surface area contributed by atoms with E-state index in [1.807, 2.05) is 24.9 Å². The number of pyridine rings is 1. The van der Waals surface area contributed by atoms with E-state index in [1.165, 1.54) is 0 Å². The van der Waals surface area contributed by atoms with Gasteiger partial charge in [0.25, 0.3) is 0 Å². The maximum absolute atomic E-state index is 8.44. The SMILES string of the molecule is Cc1cnc(N(C)CCC#N)cc1N. The molecule has 0 aliphatic carbocycles. The van der Waals surface area contributed by atoms with E-state index in [0.717, 1.165) is 17.1 Å². The van der Waals surface area contributed by atoms with Gasteiger partial charge in [-0.1, -0.05) is 0 Å². The molecular formula is C10H14N4. The molecule has 14 heavy (non-hydrogen) atoms. The number of hydrogen-bond donors (Lipinski definition) is 1. The maximum Gasteiger partial charge on any atom is 0.130 e. The van der Waals surface area contributed by atoms with Crippen LogP contribution in [0.25, 0.3) is 0 Å². The third kappa shape index (κ3) is 2.36. The average Bonchev–Trinajstić information content (AvgIpc) is 2.18. The lowest BCUT2D eigenvalue weighted by molar-refractivity contribution is 0.884. The van der Waals surface area contributed by atoms with Crippen molar-refractivity contribution in [2.45, 2.75) is 13.3 Å². The lowest BCUT2D eigenvalue weighted by Crippen LogP contribution is -2.19. The van der Waals surface area contributed by atoms with Crippen LogP contribution in [0, 0.1) is 18.3 Å². The Labute approximate surface area is 84.0 Å². The van der Waals surface area contributed by atoms with Gasteiger partial charge in [0, 0.05) is 31.5 Å². The number of anilines is 2. The van der Waals surface area contributed by atoms with E-state index in [9.17, 15) is 0 Å². The molecule has 0 fully saturated rings. The van der Waals surface area contributed by atoms with Crippen molar-refractivity contribution >= 4 is 11.5 Å². The molecule has 0 aromatic carbocycles. The van der Waals surface area contributed by atoms with E-state index in [-0.39, 0.29) is 0 Å². The Morgan fingerprint density at radius 2 is 2.36 bits per heavy atom. The molecule has 0 spiro atoms. The summed E-state index contributed by atoms with van der Waals surface area (Å²) in [5, 5.41) is 8.44. The summed E-state index contributed by atoms with van der Waals surface area (Å²) < 4.78 is 0. The zero-order chi connectivity index (χ0) is 10.6. The van der Waals surface area contributed by atoms with Crippen LogP contribution in [0.4, 0.5) is 11.5 Å². The molecule has 4 nitrogen and oxygen atoms in total. The molecule has 0 aliphatic rings. The largest absolute Gasteiger partial charge is 0.398 e. The van der Waals surface area contributed by atoms with Crippen molar-refractivity contribution in [3.63, 3.8) is 0 Å². The third-order valence-corrected chi connectivity index (χ3v) is 2.08. The Hall–Kier alpha value is -1.76. The van der Waals surface area contributed by atoms with Crippen LogP contribution in [0.3, 0.4) is 0 Å². The zero-order valence-electron chi connectivity index (χ0n) is 8.49. The molecule has 74 valence electrons. The molecule has 0 unspecified atom stereocenters. The number of nitriles is 1. The van der Waals surface area contributed by atoms with Crippen LogP contribution in [0.2, 0.25) is 0 Å². The van der Waals surface area contributed by atoms with Crippen molar-refractivity contribution < 1.29 is 0 Å². The summed E-state index contributed by atoms with van der Waals surface area (Å²) in [6.45, 7) is 2.59. The molecule has 0 radical (unpaired) electrons. The van der Waals surface area contributed by atoms with Crippen molar-refractivity contribution in [2.75, 3.05) is 24.2 Å². The van der Waals surface area contributed by atoms with E-state index >= 15 is 0 Å². The maximum atomic E-state index is 8.44. The summed E-state index contributed by atoms with van der Waals surface area (Å²) >= 11 is 0. The zero-order valence-corrected chi connectivity index (χ0v) is 8.49. The molecule has 1 rings (SSSR count). The number of rotatable bonds is 3. The fourth-order valence-corrected chi connectivity index (χ4v) is 1.07. The molecule has 1 aromatic heterocycles. The summed E-state index contributed by atoms with van der Waals surface area (Å²) in [4.78, 5) is 6.14. The number of aromatic nitrogens is 1. The summed E-state index contributed by atoms with van der Waals surface area (Å²) in [5.74, 6) is 0.809. The van der Waals surface area contributed by atoms with Crippen LogP contribution in [0.1, 0.15) is 12.0 Å². The highest BCUT2D eigenvalue weighted by Gasteiger charge is 2.03. The van der Waals surface area contributed by atoms with Crippen LogP contribution >= 0.6 is 0 Å². The molecule has 0 amide bonds. The summed E-state index contributed by atoms with van der Waals surface area (Å²) in [7, 11) is 1.90. The van der Waals surface area contributed by atoms with E-state index in [2.05, 4.69) is 11.1 Å². The van der Waals surface area contributed by atoms with Gasteiger partial charge in [-0.25, -0.2) is 4.98 Å². The first-order chi connectivity index (χ1) is 6.65. The Kier molecular flexibility index (Phi) is 3.29. The van der Waals surface area contributed by atoms with Crippen LogP contribution in [-0.4, -0.2) is 18.6 Å². The van der Waals surface area contributed by atoms with Crippen LogP contribution in [-0.2, 0) is 0 Å². The topological polar surface area (TPSA) is 65.9 Å². The number of aryl methyl sites for hydroxylation is 1. The molecule has 0 saturated heterocycles. The quantitative estimate of drug-likeness (QED) is 0.780. The van der Waals surface area contributed by atoms with Crippen LogP contribution in [0.15, 0.2) is 12.3 Å². The van der Waals surface area contributed by atoms with Crippen molar-refractivity contribution in [1.29, 1.82) is 5.26 Å². The smallest absolute Gasteiger partial charge is 0.130 e. The van der Waals surface area contributed by atoms with Crippen molar-refractivity contribution in [1.82, 2.24) is 4.98 Å². The number of hydrogen-bond acceptors (Lipinski definition) is 4. The van der Waals surface area contributed by atoms with Crippen LogP contribution < -0.4 is 10.6 Å². The van der Waals surface area contributed by atoms with Gasteiger partial charge in [0.1, 0.15) is 5.82 Å². The molecular weight excluding hydrogens is 176 g/mol. The second-order valence-electron chi connectivity index (χ2n) is 3.23. The highest BCUT2D eigenvalue weighted by molar-refractivity contribution is 5.54. The van der Waals surface area contributed by atoms with Gasteiger partial charge in [-0.15, -0.1) is 0 Å². The number of nitrogens with zero attached hydrogens (tertiary/aromatic N) is 3. The third-order valence-electron chi connectivity index (χ3n) is 2.08. The first-order valence-corrected chi connectivity index (χ1v) is 4.45. The predicted molar refractivity (Wildman–Crippen MR) is 56.9 cm³/mol. The normalized spacial score (nSPS) is 9.50. The standard InChI is InChI=1S/C10H14N4/c1-8-7-13-10(6-9(8)12)14(2)5-3-4-11/h6-7H,3,5H2,1-2H3,(H2,12,13). The van der Waals surface area contributed by atoms with Gasteiger partial charge in [0.05, 0.1) is 12.5 Å². The van der Waals surface area contributed by atoms with Gasteiger partial charge in [-0.05, 0) is 12.5 Å². The van der Waals surface area contributed by atoms with Crippen molar-refractivity contribution in [3.05, 3.63) is 17.8 Å². The Bertz CT molecular complexity index is 354. The Morgan fingerprint density at radius 3 is 2.93 bits per heavy atom. The molecule has 1 heterocycles. The number of nitrogens with two attached hydrogens (primary N) is 1. The Morgan fingerprint density at radius 1 is 1.64 bits per heavy atom. The highest BCUT2D eigenvalue weighted by atomic mass is 15.2. The van der Waals surface area contributed by atoms with Gasteiger partial charge < -0.3 is 10.6 Å². The van der Waals surface area contributed by atoms with Gasteiger partial charge in [0.2, 0.25) is 0 Å².